The van der Waals surface area contributed by atoms with E-state index in [-0.39, 0.29) is 18.8 Å². The van der Waals surface area contributed by atoms with Gasteiger partial charge >= 0.3 is 7.27 Å². The van der Waals surface area contributed by atoms with E-state index in [1.165, 1.54) is 12.4 Å². The van der Waals surface area contributed by atoms with E-state index in [1.807, 2.05) is 44.2 Å². The summed E-state index contributed by atoms with van der Waals surface area (Å²) in [6.07, 6.45) is 3.26. The van der Waals surface area contributed by atoms with Crippen LogP contribution in [0.25, 0.3) is 0 Å². The largest absolute Gasteiger partial charge is 0.559 e. The van der Waals surface area contributed by atoms with E-state index in [9.17, 15) is 18.2 Å². The van der Waals surface area contributed by atoms with Gasteiger partial charge in [-0.15, -0.1) is 0 Å². The van der Waals surface area contributed by atoms with Crippen molar-refractivity contribution in [2.24, 2.45) is 5.92 Å². The molecular formula is C20H24BF2N3O2. The number of rotatable bonds is 9. The van der Waals surface area contributed by atoms with Crippen molar-refractivity contribution >= 4 is 19.1 Å². The lowest BCUT2D eigenvalue weighted by Gasteiger charge is -2.23. The summed E-state index contributed by atoms with van der Waals surface area (Å²) in [5, 5.41) is 5.05. The zero-order valence-electron chi connectivity index (χ0n) is 15.9. The topological polar surface area (TPSA) is 71.1 Å². The molecule has 5 nitrogen and oxygen atoms in total. The van der Waals surface area contributed by atoms with E-state index >= 15 is 0 Å². The first kappa shape index (κ1) is 21.5. The fourth-order valence-corrected chi connectivity index (χ4v) is 2.81. The van der Waals surface area contributed by atoms with Crippen LogP contribution in [-0.2, 0) is 11.2 Å². The molecule has 2 aromatic rings. The van der Waals surface area contributed by atoms with Gasteiger partial charge in [-0.25, -0.2) is 0 Å². The Kier molecular flexibility index (Phi) is 8.10. The highest BCUT2D eigenvalue weighted by Crippen LogP contribution is 2.11. The Hall–Kier alpha value is -2.77. The van der Waals surface area contributed by atoms with E-state index < -0.39 is 31.1 Å². The highest BCUT2D eigenvalue weighted by atomic mass is 19.2. The van der Waals surface area contributed by atoms with E-state index in [0.29, 0.717) is 5.56 Å². The third-order valence-electron chi connectivity index (χ3n) is 4.19. The molecular weight excluding hydrogens is 363 g/mol. The molecule has 148 valence electrons. The maximum absolute atomic E-state index is 13.3. The summed E-state index contributed by atoms with van der Waals surface area (Å²) in [6, 6.07) is 11.3. The normalized spacial score (nSPS) is 12.9. The predicted octanol–water partition coefficient (Wildman–Crippen LogP) is 2.92. The molecule has 2 N–H and O–H groups in total. The third-order valence-corrected chi connectivity index (χ3v) is 4.19. The van der Waals surface area contributed by atoms with Gasteiger partial charge in [-0.1, -0.05) is 44.2 Å². The van der Waals surface area contributed by atoms with Crippen molar-refractivity contribution in [3.05, 3.63) is 66.0 Å². The second-order valence-corrected chi connectivity index (χ2v) is 7.04. The number of carbonyl (C=O) groups is 2. The van der Waals surface area contributed by atoms with Crippen LogP contribution in [0.2, 0.25) is 0 Å². The van der Waals surface area contributed by atoms with Crippen molar-refractivity contribution in [3.63, 3.8) is 0 Å². The molecule has 0 bridgehead atoms. The molecule has 1 heterocycles. The van der Waals surface area contributed by atoms with Gasteiger partial charge in [-0.2, -0.15) is 0 Å². The quantitative estimate of drug-likeness (QED) is 0.650. The first-order chi connectivity index (χ1) is 13.4. The third kappa shape index (κ3) is 6.76. The standard InChI is InChI=1S/C20H24BF2N3O2/c1-14(2)11-18(21(22)23)26-20(28)17(12-15-7-4-3-5-8-15)25-19(27)16-9-6-10-24-13-16/h3-10,13-14,17-18H,11-12H2,1-2H3,(H,25,27)(H,26,28)/t17?,18-/m0/s1. The summed E-state index contributed by atoms with van der Waals surface area (Å²) in [7, 11) is -2.68. The molecule has 0 aliphatic carbocycles. The van der Waals surface area contributed by atoms with Crippen LogP contribution in [0, 0.1) is 5.92 Å². The number of carbonyl (C=O) groups excluding carboxylic acids is 2. The Labute approximate surface area is 164 Å². The summed E-state index contributed by atoms with van der Waals surface area (Å²) in [4.78, 5) is 29.1. The van der Waals surface area contributed by atoms with Crippen LogP contribution in [-0.4, -0.2) is 36.0 Å². The van der Waals surface area contributed by atoms with Gasteiger partial charge in [-0.3, -0.25) is 23.2 Å². The molecule has 2 atom stereocenters. The van der Waals surface area contributed by atoms with Gasteiger partial charge in [0.1, 0.15) is 6.04 Å². The monoisotopic (exact) mass is 387 g/mol. The first-order valence-electron chi connectivity index (χ1n) is 9.20. The summed E-state index contributed by atoms with van der Waals surface area (Å²) in [6.45, 7) is 3.63. The van der Waals surface area contributed by atoms with Gasteiger partial charge in [0.15, 0.2) is 0 Å². The van der Waals surface area contributed by atoms with Gasteiger partial charge in [0, 0.05) is 18.8 Å². The summed E-state index contributed by atoms with van der Waals surface area (Å²) < 4.78 is 26.7. The number of pyridine rings is 1. The number of halogens is 2. The summed E-state index contributed by atoms with van der Waals surface area (Å²) in [5.74, 6) is -2.38. The molecule has 0 fully saturated rings. The smallest absolute Gasteiger partial charge is 0.353 e. The Morgan fingerprint density at radius 3 is 2.36 bits per heavy atom. The van der Waals surface area contributed by atoms with Gasteiger partial charge in [0.05, 0.1) is 11.5 Å². The minimum Gasteiger partial charge on any atom is -0.353 e. The lowest BCUT2D eigenvalue weighted by molar-refractivity contribution is -0.123. The molecule has 2 rings (SSSR count). The molecule has 8 heteroatoms. The molecule has 0 aliphatic heterocycles. The van der Waals surface area contributed by atoms with Crippen LogP contribution in [0.4, 0.5) is 8.63 Å². The van der Waals surface area contributed by atoms with Crippen molar-refractivity contribution in [2.75, 3.05) is 0 Å². The maximum atomic E-state index is 13.3. The minimum absolute atomic E-state index is 0.00291. The lowest BCUT2D eigenvalue weighted by atomic mass is 9.79. The van der Waals surface area contributed by atoms with Crippen molar-refractivity contribution < 1.29 is 18.2 Å². The zero-order chi connectivity index (χ0) is 20.5. The Balaban J connectivity index is 2.16. The average Bonchev–Trinajstić information content (AvgIpc) is 2.68. The van der Waals surface area contributed by atoms with E-state index in [0.717, 1.165) is 5.56 Å². The fourth-order valence-electron chi connectivity index (χ4n) is 2.81. The zero-order valence-corrected chi connectivity index (χ0v) is 15.9. The van der Waals surface area contributed by atoms with Crippen LogP contribution >= 0.6 is 0 Å². The number of nitrogens with zero attached hydrogens (tertiary/aromatic N) is 1. The number of benzene rings is 1. The van der Waals surface area contributed by atoms with Crippen molar-refractivity contribution in [1.29, 1.82) is 0 Å². The van der Waals surface area contributed by atoms with Gasteiger partial charge in [0.25, 0.3) is 5.91 Å². The van der Waals surface area contributed by atoms with Crippen LogP contribution < -0.4 is 10.6 Å². The summed E-state index contributed by atoms with van der Waals surface area (Å²) in [5.41, 5.74) is 1.10. The van der Waals surface area contributed by atoms with Crippen LogP contribution in [0.15, 0.2) is 54.9 Å². The number of aromatic nitrogens is 1. The minimum atomic E-state index is -2.68. The molecule has 0 aliphatic rings. The van der Waals surface area contributed by atoms with Crippen molar-refractivity contribution in [3.8, 4) is 0 Å². The van der Waals surface area contributed by atoms with Gasteiger partial charge in [-0.05, 0) is 30.0 Å². The molecule has 0 radical (unpaired) electrons. The van der Waals surface area contributed by atoms with Crippen molar-refractivity contribution in [1.82, 2.24) is 15.6 Å². The second kappa shape index (κ2) is 10.5. The molecule has 1 unspecified atom stereocenters. The average molecular weight is 387 g/mol. The molecule has 1 aromatic heterocycles. The highest BCUT2D eigenvalue weighted by molar-refractivity contribution is 6.45. The van der Waals surface area contributed by atoms with E-state index in [1.54, 1.807) is 12.1 Å². The molecule has 0 spiro atoms. The molecule has 0 saturated heterocycles. The number of amides is 2. The Morgan fingerprint density at radius 2 is 1.79 bits per heavy atom. The number of hydrogen-bond acceptors (Lipinski definition) is 3. The predicted molar refractivity (Wildman–Crippen MR) is 105 cm³/mol. The van der Waals surface area contributed by atoms with Gasteiger partial charge in [0.2, 0.25) is 5.91 Å². The number of hydrogen-bond donors (Lipinski definition) is 2. The maximum Gasteiger partial charge on any atom is 0.559 e. The second-order valence-electron chi connectivity index (χ2n) is 7.04. The summed E-state index contributed by atoms with van der Waals surface area (Å²) >= 11 is 0. The molecule has 1 aromatic carbocycles. The SMILES string of the molecule is CC(C)C[C@H](NC(=O)C(Cc1ccccc1)NC(=O)c1cccnc1)B(F)F. The number of nitrogens with one attached hydrogen (secondary N) is 2. The van der Waals surface area contributed by atoms with Crippen LogP contribution in [0.1, 0.15) is 36.2 Å². The van der Waals surface area contributed by atoms with E-state index in [4.69, 9.17) is 0 Å². The lowest BCUT2D eigenvalue weighted by Crippen LogP contribution is -2.53. The molecule has 0 saturated carbocycles. The Morgan fingerprint density at radius 1 is 1.07 bits per heavy atom. The Bertz CT molecular complexity index is 761. The van der Waals surface area contributed by atoms with Gasteiger partial charge < -0.3 is 10.6 Å². The first-order valence-corrected chi connectivity index (χ1v) is 9.20. The fraction of sp³-hybridized carbons (Fsp3) is 0.350. The molecule has 28 heavy (non-hydrogen) atoms. The van der Waals surface area contributed by atoms with E-state index in [2.05, 4.69) is 15.6 Å². The highest BCUT2D eigenvalue weighted by Gasteiger charge is 2.32. The molecule has 2 amide bonds. The van der Waals surface area contributed by atoms with Crippen LogP contribution in [0.5, 0.6) is 0 Å². The van der Waals surface area contributed by atoms with Crippen molar-refractivity contribution in [2.45, 2.75) is 38.7 Å². The van der Waals surface area contributed by atoms with Crippen LogP contribution in [0.3, 0.4) is 0 Å².